The van der Waals surface area contributed by atoms with Crippen LogP contribution in [0.5, 0.6) is 5.75 Å². The van der Waals surface area contributed by atoms with Crippen LogP contribution in [0.2, 0.25) is 0 Å². The molecule has 0 saturated heterocycles. The van der Waals surface area contributed by atoms with Crippen molar-refractivity contribution in [1.29, 1.82) is 0 Å². The van der Waals surface area contributed by atoms with E-state index in [1.54, 1.807) is 13.0 Å². The highest BCUT2D eigenvalue weighted by atomic mass is 32.2. The van der Waals surface area contributed by atoms with E-state index in [0.717, 1.165) is 18.2 Å². The van der Waals surface area contributed by atoms with Crippen molar-refractivity contribution < 1.29 is 30.9 Å². The molecular formula is C20H21F3N2O4S2. The van der Waals surface area contributed by atoms with E-state index in [-0.39, 0.29) is 28.2 Å². The van der Waals surface area contributed by atoms with Crippen LogP contribution in [0.25, 0.3) is 22.4 Å². The normalized spacial score (nSPS) is 14.2. The lowest BCUT2D eigenvalue weighted by Crippen LogP contribution is -2.23. The van der Waals surface area contributed by atoms with E-state index in [2.05, 4.69) is 9.97 Å². The molecule has 0 spiro atoms. The number of fused-ring (bicyclic) bond motifs is 1. The zero-order chi connectivity index (χ0) is 23.5. The van der Waals surface area contributed by atoms with Crippen LogP contribution in [0, 0.1) is 6.92 Å². The van der Waals surface area contributed by atoms with Crippen LogP contribution >= 0.6 is 0 Å². The third kappa shape index (κ3) is 3.96. The van der Waals surface area contributed by atoms with E-state index in [9.17, 15) is 30.9 Å². The molecular weight excluding hydrogens is 453 g/mol. The number of phenols is 1. The number of rotatable bonds is 3. The van der Waals surface area contributed by atoms with Gasteiger partial charge in [0.15, 0.2) is 0 Å². The number of halogens is 3. The molecule has 0 radical (unpaired) electrons. The van der Waals surface area contributed by atoms with Crippen LogP contribution < -0.4 is 0 Å². The second-order valence-corrected chi connectivity index (χ2v) is 11.5. The molecule has 1 heterocycles. The van der Waals surface area contributed by atoms with Gasteiger partial charge >= 0.3 is 5.51 Å². The summed E-state index contributed by atoms with van der Waals surface area (Å²) in [7, 11) is -6.90. The van der Waals surface area contributed by atoms with Gasteiger partial charge in [0.1, 0.15) is 11.6 Å². The minimum absolute atomic E-state index is 0.0551. The van der Waals surface area contributed by atoms with Gasteiger partial charge < -0.3 is 10.1 Å². The fourth-order valence-electron chi connectivity index (χ4n) is 3.31. The number of sulfone groups is 1. The quantitative estimate of drug-likeness (QED) is 0.579. The lowest BCUT2D eigenvalue weighted by molar-refractivity contribution is -0.0435. The molecule has 1 atom stereocenters. The largest absolute Gasteiger partial charge is 0.507 e. The molecule has 168 valence electrons. The Kier molecular flexibility index (Phi) is 5.50. The summed E-state index contributed by atoms with van der Waals surface area (Å²) in [5.74, 6) is 0.0331. The van der Waals surface area contributed by atoms with Crippen molar-refractivity contribution in [1.82, 2.24) is 9.97 Å². The number of imidazole rings is 1. The zero-order valence-electron chi connectivity index (χ0n) is 17.4. The van der Waals surface area contributed by atoms with E-state index in [1.807, 2.05) is 20.8 Å². The molecule has 0 aliphatic rings. The van der Waals surface area contributed by atoms with Crippen molar-refractivity contribution in [3.05, 3.63) is 35.4 Å². The predicted molar refractivity (Wildman–Crippen MR) is 112 cm³/mol. The lowest BCUT2D eigenvalue weighted by Gasteiger charge is -2.24. The Morgan fingerprint density at radius 2 is 1.74 bits per heavy atom. The number of alkyl halides is 3. The Labute approximate surface area is 179 Å². The van der Waals surface area contributed by atoms with Gasteiger partial charge in [-0.15, -0.1) is 0 Å². The van der Waals surface area contributed by atoms with Gasteiger partial charge in [-0.3, -0.25) is 4.21 Å². The summed E-state index contributed by atoms with van der Waals surface area (Å²) < 4.78 is 74.4. The summed E-state index contributed by atoms with van der Waals surface area (Å²) in [6, 6.07) is 4.52. The monoisotopic (exact) mass is 474 g/mol. The third-order valence-electron chi connectivity index (χ3n) is 4.93. The molecule has 0 bridgehead atoms. The molecule has 3 aromatic rings. The van der Waals surface area contributed by atoms with Gasteiger partial charge in [0.05, 0.1) is 32.3 Å². The number of benzene rings is 2. The van der Waals surface area contributed by atoms with Crippen LogP contribution in [-0.2, 0) is 26.1 Å². The second kappa shape index (κ2) is 7.33. The molecule has 3 rings (SSSR count). The molecule has 2 aromatic carbocycles. The Balaban J connectivity index is 2.30. The maximum atomic E-state index is 12.9. The van der Waals surface area contributed by atoms with Gasteiger partial charge in [-0.2, -0.15) is 13.2 Å². The number of nitrogens with one attached hydrogen (secondary N) is 1. The number of aromatic hydroxyl groups is 1. The standard InChI is InChI=1S/C20H21F3N2O4S2/c1-10-15(30(5)27)9-12(19(2,3)4)17(26)16(10)18-24-13-7-6-11(8-14(13)25-18)31(28,29)20(21,22)23/h6-9,26H,1-5H3,(H,24,25)/t30-/m0/s1. The first-order valence-corrected chi connectivity index (χ1v) is 12.1. The van der Waals surface area contributed by atoms with Crippen molar-refractivity contribution in [2.45, 2.75) is 48.4 Å². The van der Waals surface area contributed by atoms with E-state index in [1.165, 1.54) is 6.26 Å². The average molecular weight is 475 g/mol. The molecule has 0 fully saturated rings. The smallest absolute Gasteiger partial charge is 0.501 e. The van der Waals surface area contributed by atoms with Gasteiger partial charge in [-0.25, -0.2) is 13.4 Å². The van der Waals surface area contributed by atoms with Crippen molar-refractivity contribution in [2.24, 2.45) is 0 Å². The highest BCUT2D eigenvalue weighted by Gasteiger charge is 2.47. The number of aromatic nitrogens is 2. The molecule has 0 unspecified atom stereocenters. The van der Waals surface area contributed by atoms with Crippen LogP contribution in [0.15, 0.2) is 34.1 Å². The topological polar surface area (TPSA) is 100 Å². The van der Waals surface area contributed by atoms with Crippen LogP contribution in [-0.4, -0.2) is 39.5 Å². The Hall–Kier alpha value is -2.40. The van der Waals surface area contributed by atoms with Gasteiger partial charge in [0.2, 0.25) is 0 Å². The molecule has 0 aliphatic heterocycles. The Bertz CT molecular complexity index is 1320. The van der Waals surface area contributed by atoms with E-state index < -0.39 is 36.5 Å². The van der Waals surface area contributed by atoms with Gasteiger partial charge in [-0.05, 0) is 42.2 Å². The molecule has 0 aliphatic carbocycles. The van der Waals surface area contributed by atoms with Gasteiger partial charge in [-0.1, -0.05) is 20.8 Å². The molecule has 31 heavy (non-hydrogen) atoms. The first-order valence-electron chi connectivity index (χ1n) is 9.07. The van der Waals surface area contributed by atoms with Crippen molar-refractivity contribution in [3.8, 4) is 17.1 Å². The molecule has 6 nitrogen and oxygen atoms in total. The predicted octanol–water partition coefficient (Wildman–Crippen LogP) is 4.57. The van der Waals surface area contributed by atoms with E-state index in [0.29, 0.717) is 16.0 Å². The first kappa shape index (κ1) is 23.3. The fraction of sp³-hybridized carbons (Fsp3) is 0.350. The Morgan fingerprint density at radius 1 is 1.13 bits per heavy atom. The summed E-state index contributed by atoms with van der Waals surface area (Å²) in [6.45, 7) is 7.27. The zero-order valence-corrected chi connectivity index (χ0v) is 19.0. The van der Waals surface area contributed by atoms with Gasteiger partial charge in [0, 0.05) is 16.7 Å². The number of nitrogens with zero attached hydrogens (tertiary/aromatic N) is 1. The van der Waals surface area contributed by atoms with E-state index in [4.69, 9.17) is 0 Å². The summed E-state index contributed by atoms with van der Waals surface area (Å²) >= 11 is 0. The number of aromatic amines is 1. The minimum Gasteiger partial charge on any atom is -0.507 e. The number of hydrogen-bond acceptors (Lipinski definition) is 5. The average Bonchev–Trinajstić information content (AvgIpc) is 3.01. The molecule has 1 aromatic heterocycles. The van der Waals surface area contributed by atoms with Crippen LogP contribution in [0.1, 0.15) is 31.9 Å². The minimum atomic E-state index is -5.52. The summed E-state index contributed by atoms with van der Waals surface area (Å²) in [6.07, 6.45) is 1.50. The maximum absolute atomic E-state index is 12.9. The number of phenolic OH excluding ortho intramolecular Hbond substituents is 1. The molecule has 0 saturated carbocycles. The third-order valence-corrected chi connectivity index (χ3v) is 7.46. The summed E-state index contributed by atoms with van der Waals surface area (Å²) in [4.78, 5) is 6.69. The Morgan fingerprint density at radius 3 is 2.26 bits per heavy atom. The summed E-state index contributed by atoms with van der Waals surface area (Å²) in [5.41, 5.74) is -4.38. The first-order chi connectivity index (χ1) is 14.1. The fourth-order valence-corrected chi connectivity index (χ4v) is 4.92. The second-order valence-electron chi connectivity index (χ2n) is 8.19. The van der Waals surface area contributed by atoms with Crippen molar-refractivity contribution in [3.63, 3.8) is 0 Å². The van der Waals surface area contributed by atoms with Crippen molar-refractivity contribution in [2.75, 3.05) is 6.26 Å². The molecule has 2 N–H and O–H groups in total. The highest BCUT2D eigenvalue weighted by molar-refractivity contribution is 7.92. The van der Waals surface area contributed by atoms with Crippen molar-refractivity contribution >= 4 is 31.7 Å². The van der Waals surface area contributed by atoms with Crippen LogP contribution in [0.4, 0.5) is 13.2 Å². The highest BCUT2D eigenvalue weighted by Crippen LogP contribution is 2.42. The van der Waals surface area contributed by atoms with Crippen LogP contribution in [0.3, 0.4) is 0 Å². The molecule has 0 amide bonds. The van der Waals surface area contributed by atoms with E-state index >= 15 is 0 Å². The maximum Gasteiger partial charge on any atom is 0.501 e. The summed E-state index contributed by atoms with van der Waals surface area (Å²) in [5, 5.41) is 11.0. The lowest BCUT2D eigenvalue weighted by atomic mass is 9.84. The van der Waals surface area contributed by atoms with Gasteiger partial charge in [0.25, 0.3) is 9.84 Å². The number of H-pyrrole nitrogens is 1. The molecule has 11 heteroatoms. The SMILES string of the molecule is Cc1c([S@](C)=O)cc(C(C)(C)C)c(O)c1-c1nc2ccc(S(=O)(=O)C(F)(F)F)cc2[nH]1. The number of hydrogen-bond donors (Lipinski definition) is 2.